The van der Waals surface area contributed by atoms with Crippen LogP contribution in [-0.4, -0.2) is 226 Å². The molecule has 4 unspecified atom stereocenters. The van der Waals surface area contributed by atoms with Crippen LogP contribution in [0.25, 0.3) is 0 Å². The van der Waals surface area contributed by atoms with Gasteiger partial charge in [-0.05, 0) is 77.8 Å². The Balaban J connectivity index is -0.000000237. The minimum absolute atomic E-state index is 0. The maximum absolute atomic E-state index is 11.9. The van der Waals surface area contributed by atoms with Crippen molar-refractivity contribution in [2.75, 3.05) is 39.3 Å². The summed E-state index contributed by atoms with van der Waals surface area (Å²) in [6.07, 6.45) is 5.43. The van der Waals surface area contributed by atoms with Gasteiger partial charge in [-0.1, -0.05) is 38.8 Å². The summed E-state index contributed by atoms with van der Waals surface area (Å²) in [7, 11) is -29.5. The third-order valence-corrected chi connectivity index (χ3v) is 25.3. The maximum Gasteiger partial charge on any atom is 0.488 e. The van der Waals surface area contributed by atoms with Crippen molar-refractivity contribution in [3.63, 3.8) is 0 Å². The Morgan fingerprint density at radius 1 is 0.324 bits per heavy atom. The second-order valence-electron chi connectivity index (χ2n) is 11.7. The van der Waals surface area contributed by atoms with Gasteiger partial charge >= 0.3 is 52.8 Å². The van der Waals surface area contributed by atoms with Crippen molar-refractivity contribution in [1.82, 2.24) is 21.3 Å². The largest absolute Gasteiger partial charge is 0.665 e. The smallest absolute Gasteiger partial charge is 0.488 e. The molecule has 0 bridgehead atoms. The number of carbonyl (C=O) groups excluding carboxylic acids is 4. The van der Waals surface area contributed by atoms with Crippen LogP contribution in [0.2, 0.25) is 36.3 Å². The van der Waals surface area contributed by atoms with Crippen molar-refractivity contribution in [3.8, 4) is 0 Å². The molecule has 4 amide bonds. The predicted molar refractivity (Wildman–Crippen MR) is 237 cm³/mol. The molecule has 22 N–H and O–H groups in total. The van der Waals surface area contributed by atoms with Crippen LogP contribution < -0.4 is 32.7 Å². The van der Waals surface area contributed by atoms with Crippen molar-refractivity contribution in [2.45, 2.75) is 74.8 Å². The Hall–Kier alpha value is -3.12. The van der Waals surface area contributed by atoms with Crippen molar-refractivity contribution in [3.05, 3.63) is 0 Å². The quantitative estimate of drug-likeness (QED) is 0.0120. The zero-order valence-electron chi connectivity index (χ0n) is 36.9. The van der Waals surface area contributed by atoms with Crippen molar-refractivity contribution < 1.29 is 182 Å². The second-order valence-corrected chi connectivity index (χ2v) is 27.5. The summed E-state index contributed by atoms with van der Waals surface area (Å²) in [5, 5.41) is 49.5. The number of aliphatic hydroxyl groups excluding tert-OH is 6. The van der Waals surface area contributed by atoms with E-state index in [9.17, 15) is 57.5 Å². The van der Waals surface area contributed by atoms with Gasteiger partial charge in [0, 0.05) is 81.0 Å². The van der Waals surface area contributed by atoms with Crippen LogP contribution in [0.5, 0.6) is 0 Å². The summed E-state index contributed by atoms with van der Waals surface area (Å²) in [4.78, 5) is 181. The summed E-state index contributed by atoms with van der Waals surface area (Å²) in [5.41, 5.74) is 11.3. The first-order valence-corrected chi connectivity index (χ1v) is 30.5. The Morgan fingerprint density at radius 3 is 0.676 bits per heavy atom. The van der Waals surface area contributed by atoms with E-state index in [2.05, 4.69) is 21.3 Å². The van der Waals surface area contributed by atoms with E-state index in [0.29, 0.717) is 38.8 Å². The molecule has 35 nitrogen and oxygen atoms in total. The number of rotatable bonds is 36. The summed E-state index contributed by atoms with van der Waals surface area (Å²) in [6, 6.07) is -2.78. The Kier molecular flexibility index (Phi) is 73.3. The summed E-state index contributed by atoms with van der Waals surface area (Å²) in [5.74, 6) is 0. The fraction of sp³-hybridized carbons (Fsp3) is 0.643. The molecule has 4 atom stereocenters. The van der Waals surface area contributed by atoms with Crippen LogP contribution in [0, 0.1) is 0 Å². The average Bonchev–Trinajstić information content (AvgIpc) is 3.24. The van der Waals surface area contributed by atoms with E-state index in [1.54, 1.807) is 0 Å². The molecule has 0 heterocycles. The first-order valence-electron chi connectivity index (χ1n) is 18.6. The fourth-order valence-electron chi connectivity index (χ4n) is 4.32. The standard InChI is InChI=1S/C22H52N6O17Si6.6CHO2.2Au/c23-7-1-15-48(37,41-46(33,34)13-3-9-25-19-29)43-51(40,18-6-12-28-22-32)45-50(39,16-2-8-24)44-49(38,17-5-11-27-21-31)42-47(35,36)14-4-10-26-20-30;6*2-1-3;;/h33-40H,1-18,23-24H2,(H,25,29)(H,26,30)(H,27,31)(H,28,32);6*(H,2,3);;/q-4;6*-1;;. The van der Waals surface area contributed by atoms with Gasteiger partial charge in [-0.3, -0.25) is 0 Å². The normalized spacial score (nSPS) is 13.1. The molecule has 0 aromatic heterocycles. The Labute approximate surface area is 444 Å². The third-order valence-electron chi connectivity index (χ3n) is 6.48. The molecular weight excluding hydrogens is 1450 g/mol. The molecule has 0 aliphatic heterocycles. The van der Waals surface area contributed by atoms with Gasteiger partial charge in [0.1, 0.15) is 0 Å². The average molecular weight is 1510 g/mol. The molecule has 0 saturated carbocycles. The Morgan fingerprint density at radius 2 is 0.493 bits per heavy atom. The molecule has 0 aliphatic rings. The van der Waals surface area contributed by atoms with Gasteiger partial charge in [-0.15, -0.1) is 0 Å². The first kappa shape index (κ1) is 87.6. The molecule has 71 heavy (non-hydrogen) atoms. The van der Waals surface area contributed by atoms with Crippen molar-refractivity contribution >= 4 is 117 Å². The van der Waals surface area contributed by atoms with Gasteiger partial charge in [-0.25, -0.2) is 0 Å². The third kappa shape index (κ3) is 66.9. The first-order chi connectivity index (χ1) is 32.4. The van der Waals surface area contributed by atoms with Crippen LogP contribution >= 0.6 is 0 Å². The SMILES string of the molecule is NCCC[Si](O)(O[Si](O)(O)CCCN[C-]=O)O[Si](O)(CCCN[C-]=O)O[Si](O)(CCCN)O[Si](O)(CCCN[C-]=O)O[Si](O)(O)CCCN[C-]=O.O=[C-]O.O=[C-]O.O=[C-]O.O=[C-]O.O=[C-]O.O=[C-]O.[Au].[Au]. The van der Waals surface area contributed by atoms with Crippen LogP contribution in [-0.2, 0) is 113 Å². The number of hydrogen-bond acceptors (Lipinski definition) is 25. The maximum atomic E-state index is 11.9. The molecular formula is C28H58Au2N6O29Si6-10. The topological polar surface area (TPSA) is 600 Å². The fourth-order valence-corrected chi connectivity index (χ4v) is 24.5. The van der Waals surface area contributed by atoms with Crippen LogP contribution in [0.4, 0.5) is 0 Å². The molecule has 0 aromatic rings. The summed E-state index contributed by atoms with van der Waals surface area (Å²) in [6.45, 7) is 2.67. The van der Waals surface area contributed by atoms with E-state index in [4.69, 9.17) is 91.4 Å². The molecule has 0 aromatic carbocycles. The van der Waals surface area contributed by atoms with E-state index < -0.39 is 89.1 Å². The molecule has 430 valence electrons. The second kappa shape index (κ2) is 59.4. The molecule has 0 aliphatic carbocycles. The molecule has 0 rings (SSSR count). The molecule has 43 heteroatoms. The van der Waals surface area contributed by atoms with Gasteiger partial charge in [0.15, 0.2) is 0 Å². The molecule has 2 radical (unpaired) electrons. The van der Waals surface area contributed by atoms with Crippen molar-refractivity contribution in [2.24, 2.45) is 11.5 Å². The van der Waals surface area contributed by atoms with Gasteiger partial charge in [0.25, 0.3) is 0 Å². The van der Waals surface area contributed by atoms with Gasteiger partial charge in [0.05, 0.1) is 0 Å². The number of amides is 4. The monoisotopic (exact) mass is 1500 g/mol. The Bertz CT molecular complexity index is 1270. The predicted octanol–water partition coefficient (Wildman–Crippen LogP) is -8.81. The van der Waals surface area contributed by atoms with Crippen LogP contribution in [0.15, 0.2) is 0 Å². The minimum atomic E-state index is -5.05. The van der Waals surface area contributed by atoms with Crippen LogP contribution in [0.3, 0.4) is 0 Å². The van der Waals surface area contributed by atoms with E-state index in [1.807, 2.05) is 0 Å². The van der Waals surface area contributed by atoms with Gasteiger partial charge < -0.3 is 170 Å². The number of nitrogens with one attached hydrogen (secondary N) is 4. The van der Waals surface area contributed by atoms with Gasteiger partial charge in [0.2, 0.25) is 0 Å². The zero-order chi connectivity index (χ0) is 55.2. The van der Waals surface area contributed by atoms with E-state index in [0.717, 1.165) is 0 Å². The van der Waals surface area contributed by atoms with Gasteiger partial charge in [-0.2, -0.15) is 25.6 Å². The summed E-state index contributed by atoms with van der Waals surface area (Å²) >= 11 is 0. The van der Waals surface area contributed by atoms with Crippen LogP contribution in [0.1, 0.15) is 38.5 Å². The molecule has 0 spiro atoms. The van der Waals surface area contributed by atoms with E-state index in [-0.39, 0.29) is 123 Å². The van der Waals surface area contributed by atoms with Crippen molar-refractivity contribution in [1.29, 1.82) is 0 Å². The number of hydrogen-bond donors (Lipinski definition) is 20. The number of nitrogens with two attached hydrogens (primary N) is 2. The summed E-state index contributed by atoms with van der Waals surface area (Å²) < 4.78 is 28.0. The minimum Gasteiger partial charge on any atom is -0.665 e. The molecule has 0 saturated heterocycles. The zero-order valence-corrected chi connectivity index (χ0v) is 47.2. The molecule has 0 fully saturated rings. The van der Waals surface area contributed by atoms with E-state index >= 15 is 0 Å². The van der Waals surface area contributed by atoms with E-state index in [1.165, 1.54) is 25.6 Å².